The molecule has 1 amide bonds. The largest absolute Gasteiger partial charge is 0.384 e. The minimum atomic E-state index is -0.206. The number of amides is 1. The van der Waals surface area contributed by atoms with Gasteiger partial charge in [-0.25, -0.2) is 0 Å². The monoisotopic (exact) mass is 278 g/mol. The number of hydrogen-bond acceptors (Lipinski definition) is 4. The molecule has 1 aromatic heterocycles. The Morgan fingerprint density at radius 1 is 1.58 bits per heavy atom. The Kier molecular flexibility index (Phi) is 7.01. The number of carbonyl (C=O) groups excluding carboxylic acids is 1. The molecule has 0 fully saturated rings. The van der Waals surface area contributed by atoms with Crippen LogP contribution >= 0.6 is 11.8 Å². The van der Waals surface area contributed by atoms with Gasteiger partial charge in [0.05, 0.1) is 5.56 Å². The van der Waals surface area contributed by atoms with E-state index in [0.29, 0.717) is 23.6 Å². The van der Waals surface area contributed by atoms with Crippen LogP contribution < -0.4 is 5.32 Å². The first-order chi connectivity index (χ1) is 9.17. The van der Waals surface area contributed by atoms with Crippen LogP contribution in [-0.4, -0.2) is 41.2 Å². The molecule has 0 saturated heterocycles. The quantitative estimate of drug-likeness (QED) is 0.793. The summed E-state index contributed by atoms with van der Waals surface area (Å²) in [4.78, 5) is 15.9. The smallest absolute Gasteiger partial charge is 0.252 e. The van der Waals surface area contributed by atoms with E-state index in [1.54, 1.807) is 24.0 Å². The van der Waals surface area contributed by atoms with Crippen molar-refractivity contribution >= 4 is 17.7 Å². The standard InChI is InChI=1S/C14H18N2O2S/c1-11(10-19-2)7-16-14(18)13-6-12(4-3-5-17)8-15-9-13/h6,8-9,11,17H,5,7,10H2,1-2H3,(H,16,18). The van der Waals surface area contributed by atoms with E-state index in [2.05, 4.69) is 29.1 Å². The second-order valence-corrected chi connectivity index (χ2v) is 5.10. The highest BCUT2D eigenvalue weighted by Crippen LogP contribution is 2.05. The molecule has 0 aliphatic carbocycles. The van der Waals surface area contributed by atoms with Gasteiger partial charge in [0, 0.05) is 24.5 Å². The average molecular weight is 278 g/mol. The molecule has 5 heteroatoms. The van der Waals surface area contributed by atoms with Crippen LogP contribution in [0.4, 0.5) is 0 Å². The van der Waals surface area contributed by atoms with Crippen LogP contribution in [0.5, 0.6) is 0 Å². The maximum absolute atomic E-state index is 11.9. The Bertz CT molecular complexity index is 480. The molecule has 1 aromatic rings. The molecule has 0 aromatic carbocycles. The predicted octanol–water partition coefficient (Wildman–Crippen LogP) is 1.15. The van der Waals surface area contributed by atoms with E-state index in [9.17, 15) is 4.79 Å². The summed E-state index contributed by atoms with van der Waals surface area (Å²) >= 11 is 1.76. The number of nitrogens with zero attached hydrogens (tertiary/aromatic N) is 1. The zero-order chi connectivity index (χ0) is 14.1. The van der Waals surface area contributed by atoms with Gasteiger partial charge in [0.25, 0.3) is 5.91 Å². The SMILES string of the molecule is CSCC(C)CNC(=O)c1cncc(C#CCO)c1. The number of thioether (sulfide) groups is 1. The molecule has 1 atom stereocenters. The van der Waals surface area contributed by atoms with Crippen molar-refractivity contribution in [3.8, 4) is 11.8 Å². The molecule has 1 rings (SSSR count). The summed E-state index contributed by atoms with van der Waals surface area (Å²) in [6, 6.07) is 1.67. The van der Waals surface area contributed by atoms with Crippen LogP contribution in [0.15, 0.2) is 18.5 Å². The first-order valence-corrected chi connectivity index (χ1v) is 7.38. The summed E-state index contributed by atoms with van der Waals surface area (Å²) in [7, 11) is 0. The Morgan fingerprint density at radius 2 is 2.37 bits per heavy atom. The lowest BCUT2D eigenvalue weighted by Crippen LogP contribution is -2.29. The fourth-order valence-electron chi connectivity index (χ4n) is 1.49. The first kappa shape index (κ1) is 15.5. The van der Waals surface area contributed by atoms with Crippen molar-refractivity contribution in [3.05, 3.63) is 29.6 Å². The lowest BCUT2D eigenvalue weighted by molar-refractivity contribution is 0.0949. The van der Waals surface area contributed by atoms with Crippen LogP contribution in [0.25, 0.3) is 0 Å². The molecule has 2 N–H and O–H groups in total. The number of carbonyl (C=O) groups is 1. The summed E-state index contributed by atoms with van der Waals surface area (Å²) in [6.07, 6.45) is 5.13. The molecule has 0 spiro atoms. The molecule has 0 aliphatic heterocycles. The number of nitrogens with one attached hydrogen (secondary N) is 1. The Hall–Kier alpha value is -1.51. The molecule has 0 saturated carbocycles. The molecular formula is C14H18N2O2S. The van der Waals surface area contributed by atoms with Gasteiger partial charge in [-0.15, -0.1) is 0 Å². The molecule has 0 aliphatic rings. The molecule has 0 bridgehead atoms. The number of aromatic nitrogens is 1. The zero-order valence-corrected chi connectivity index (χ0v) is 12.0. The van der Waals surface area contributed by atoms with Gasteiger partial charge in [-0.2, -0.15) is 11.8 Å². The number of pyridine rings is 1. The van der Waals surface area contributed by atoms with Gasteiger partial charge >= 0.3 is 0 Å². The van der Waals surface area contributed by atoms with E-state index in [0.717, 1.165) is 5.75 Å². The third-order valence-electron chi connectivity index (χ3n) is 2.37. The summed E-state index contributed by atoms with van der Waals surface area (Å²) in [6.45, 7) is 2.53. The van der Waals surface area contributed by atoms with E-state index in [1.807, 2.05) is 6.26 Å². The van der Waals surface area contributed by atoms with Crippen LogP contribution in [-0.2, 0) is 0 Å². The third-order valence-corrected chi connectivity index (χ3v) is 3.28. The Labute approximate surface area is 118 Å². The average Bonchev–Trinajstić information content (AvgIpc) is 2.43. The van der Waals surface area contributed by atoms with Crippen LogP contribution in [0.1, 0.15) is 22.8 Å². The Balaban J connectivity index is 2.61. The topological polar surface area (TPSA) is 62.2 Å². The van der Waals surface area contributed by atoms with Gasteiger partial charge < -0.3 is 10.4 Å². The van der Waals surface area contributed by atoms with E-state index in [4.69, 9.17) is 5.11 Å². The first-order valence-electron chi connectivity index (χ1n) is 5.99. The second kappa shape index (κ2) is 8.57. The minimum Gasteiger partial charge on any atom is -0.384 e. The van der Waals surface area contributed by atoms with E-state index in [1.165, 1.54) is 6.20 Å². The lowest BCUT2D eigenvalue weighted by Gasteiger charge is -2.11. The number of hydrogen-bond donors (Lipinski definition) is 2. The Morgan fingerprint density at radius 3 is 3.05 bits per heavy atom. The molecule has 1 heterocycles. The minimum absolute atomic E-state index is 0.145. The highest BCUT2D eigenvalue weighted by molar-refractivity contribution is 7.98. The van der Waals surface area contributed by atoms with Crippen LogP contribution in [0.2, 0.25) is 0 Å². The molecule has 19 heavy (non-hydrogen) atoms. The number of rotatable bonds is 5. The van der Waals surface area contributed by atoms with Crippen molar-refractivity contribution in [3.63, 3.8) is 0 Å². The summed E-state index contributed by atoms with van der Waals surface area (Å²) in [5, 5.41) is 11.5. The van der Waals surface area contributed by atoms with Gasteiger partial charge in [-0.05, 0) is 24.0 Å². The van der Waals surface area contributed by atoms with Gasteiger partial charge in [0.15, 0.2) is 0 Å². The summed E-state index contributed by atoms with van der Waals surface area (Å²) in [5.41, 5.74) is 1.11. The van der Waals surface area contributed by atoms with Crippen LogP contribution in [0, 0.1) is 17.8 Å². The molecule has 4 nitrogen and oxygen atoms in total. The van der Waals surface area contributed by atoms with Crippen molar-refractivity contribution in [2.45, 2.75) is 6.92 Å². The lowest BCUT2D eigenvalue weighted by atomic mass is 10.2. The van der Waals surface area contributed by atoms with Crippen molar-refractivity contribution in [2.75, 3.05) is 25.2 Å². The molecular weight excluding hydrogens is 260 g/mol. The summed E-state index contributed by atoms with van der Waals surface area (Å²) in [5.74, 6) is 6.56. The fourth-order valence-corrected chi connectivity index (χ4v) is 2.17. The second-order valence-electron chi connectivity index (χ2n) is 4.19. The summed E-state index contributed by atoms with van der Waals surface area (Å²) < 4.78 is 0. The highest BCUT2D eigenvalue weighted by Gasteiger charge is 2.08. The van der Waals surface area contributed by atoms with Gasteiger partial charge in [0.1, 0.15) is 6.61 Å². The number of aliphatic hydroxyl groups is 1. The van der Waals surface area contributed by atoms with Crippen molar-refractivity contribution in [1.29, 1.82) is 0 Å². The zero-order valence-electron chi connectivity index (χ0n) is 11.1. The fraction of sp³-hybridized carbons (Fsp3) is 0.429. The van der Waals surface area contributed by atoms with Crippen molar-refractivity contribution in [1.82, 2.24) is 10.3 Å². The van der Waals surface area contributed by atoms with Crippen LogP contribution in [0.3, 0.4) is 0 Å². The maximum Gasteiger partial charge on any atom is 0.252 e. The van der Waals surface area contributed by atoms with Gasteiger partial charge in [-0.3, -0.25) is 9.78 Å². The van der Waals surface area contributed by atoms with E-state index < -0.39 is 0 Å². The maximum atomic E-state index is 11.9. The van der Waals surface area contributed by atoms with E-state index in [-0.39, 0.29) is 12.5 Å². The normalized spacial score (nSPS) is 11.3. The number of aliphatic hydroxyl groups excluding tert-OH is 1. The highest BCUT2D eigenvalue weighted by atomic mass is 32.2. The van der Waals surface area contributed by atoms with Gasteiger partial charge in [-0.1, -0.05) is 18.8 Å². The van der Waals surface area contributed by atoms with Crippen molar-refractivity contribution < 1.29 is 9.90 Å². The van der Waals surface area contributed by atoms with Gasteiger partial charge in [0.2, 0.25) is 0 Å². The predicted molar refractivity (Wildman–Crippen MR) is 78.1 cm³/mol. The molecule has 1 unspecified atom stereocenters. The third kappa shape index (κ3) is 5.77. The molecule has 0 radical (unpaired) electrons. The van der Waals surface area contributed by atoms with Crippen molar-refractivity contribution in [2.24, 2.45) is 5.92 Å². The van der Waals surface area contributed by atoms with E-state index >= 15 is 0 Å². The molecule has 102 valence electrons.